The van der Waals surface area contributed by atoms with Gasteiger partial charge in [0.2, 0.25) is 11.8 Å². The molecule has 11 nitrogen and oxygen atoms in total. The summed E-state index contributed by atoms with van der Waals surface area (Å²) in [6, 6.07) is 6.65. The van der Waals surface area contributed by atoms with Crippen molar-refractivity contribution in [3.63, 3.8) is 0 Å². The Morgan fingerprint density at radius 3 is 2.71 bits per heavy atom. The van der Waals surface area contributed by atoms with E-state index in [2.05, 4.69) is 25.2 Å². The van der Waals surface area contributed by atoms with Gasteiger partial charge in [0.15, 0.2) is 0 Å². The molecule has 4 bridgehead atoms. The number of piperazine rings is 1. The van der Waals surface area contributed by atoms with E-state index in [1.807, 2.05) is 30.1 Å². The number of carbonyl (C=O) groups excluding carboxylic acids is 2. The lowest BCUT2D eigenvalue weighted by Gasteiger charge is -2.38. The summed E-state index contributed by atoms with van der Waals surface area (Å²) < 4.78 is 5.86. The Kier molecular flexibility index (Phi) is 6.12. The van der Waals surface area contributed by atoms with Crippen molar-refractivity contribution in [1.82, 2.24) is 19.8 Å². The van der Waals surface area contributed by atoms with Crippen molar-refractivity contribution in [3.05, 3.63) is 36.2 Å². The molecule has 1 aromatic heterocycles. The number of aliphatic hydroxyl groups is 1. The molecule has 0 aliphatic carbocycles. The molecule has 1 aromatic carbocycles. The monoisotopic (exact) mass is 465 g/mol. The molecule has 178 valence electrons. The SMILES string of the molecule is CN1CCOc2cccc(c2)N=CC2C(=O)Nc3ncnc(c32)N2CCN(CC2)C(=O)[C@H]1CO. The molecule has 11 heteroatoms. The molecule has 1 saturated heterocycles. The van der Waals surface area contributed by atoms with E-state index in [0.29, 0.717) is 68.0 Å². The fourth-order valence-electron chi connectivity index (χ4n) is 4.52. The summed E-state index contributed by atoms with van der Waals surface area (Å²) in [5, 5.41) is 12.8. The number of benzene rings is 1. The standard InChI is InChI=1S/C23H27N7O4/c1-28-9-10-34-16-4-2-3-15(11-16)24-12-17-19-20(27-22(17)32)25-14-26-21(19)29-5-7-30(8-6-29)23(33)18(28)13-31/h2-4,11-12,14,17-18,31H,5-10,13H2,1H3,(H,25,26,27,32)/t17?,18-/m1/s1. The zero-order chi connectivity index (χ0) is 23.7. The molecule has 2 N–H and O–H groups in total. The number of hydrogen-bond donors (Lipinski definition) is 2. The third-order valence-electron chi connectivity index (χ3n) is 6.48. The van der Waals surface area contributed by atoms with E-state index in [0.717, 1.165) is 0 Å². The predicted molar refractivity (Wildman–Crippen MR) is 126 cm³/mol. The maximum Gasteiger partial charge on any atom is 0.242 e. The number of nitrogens with one attached hydrogen (secondary N) is 1. The number of nitrogens with zero attached hydrogens (tertiary/aromatic N) is 6. The first kappa shape index (κ1) is 22.2. The number of rotatable bonds is 1. The molecule has 2 amide bonds. The highest BCUT2D eigenvalue weighted by molar-refractivity contribution is 6.13. The zero-order valence-electron chi connectivity index (χ0n) is 18.9. The van der Waals surface area contributed by atoms with Crippen LogP contribution in [0, 0.1) is 0 Å². The van der Waals surface area contributed by atoms with Gasteiger partial charge in [-0.1, -0.05) is 6.07 Å². The number of amides is 2. The number of hydrogen-bond acceptors (Lipinski definition) is 9. The topological polar surface area (TPSA) is 123 Å². The number of aromatic nitrogens is 2. The van der Waals surface area contributed by atoms with Crippen molar-refractivity contribution in [3.8, 4) is 5.75 Å². The van der Waals surface area contributed by atoms with Crippen LogP contribution in [0.1, 0.15) is 11.5 Å². The summed E-state index contributed by atoms with van der Waals surface area (Å²) in [5.74, 6) is 0.846. The van der Waals surface area contributed by atoms with Gasteiger partial charge in [-0.15, -0.1) is 0 Å². The predicted octanol–water partition coefficient (Wildman–Crippen LogP) is 0.249. The molecule has 0 radical (unpaired) electrons. The number of fused-ring (bicyclic) bond motifs is 7. The summed E-state index contributed by atoms with van der Waals surface area (Å²) in [5.41, 5.74) is 1.35. The highest BCUT2D eigenvalue weighted by atomic mass is 16.5. The minimum Gasteiger partial charge on any atom is -0.492 e. The molecule has 0 saturated carbocycles. The van der Waals surface area contributed by atoms with Crippen molar-refractivity contribution in [2.75, 3.05) is 63.2 Å². The molecule has 2 atom stereocenters. The van der Waals surface area contributed by atoms with Crippen LogP contribution in [-0.4, -0.2) is 102 Å². The molecule has 34 heavy (non-hydrogen) atoms. The summed E-state index contributed by atoms with van der Waals surface area (Å²) in [7, 11) is 1.81. The molecule has 2 aromatic rings. The summed E-state index contributed by atoms with van der Waals surface area (Å²) in [4.78, 5) is 44.8. The number of aliphatic hydroxyl groups excluding tert-OH is 1. The van der Waals surface area contributed by atoms with Gasteiger partial charge in [0.25, 0.3) is 0 Å². The second-order valence-electron chi connectivity index (χ2n) is 8.54. The van der Waals surface area contributed by atoms with Gasteiger partial charge >= 0.3 is 0 Å². The zero-order valence-corrected chi connectivity index (χ0v) is 18.9. The van der Waals surface area contributed by atoms with Gasteiger partial charge in [-0.3, -0.25) is 19.5 Å². The van der Waals surface area contributed by atoms with Crippen molar-refractivity contribution in [2.45, 2.75) is 12.0 Å². The van der Waals surface area contributed by atoms with Crippen LogP contribution >= 0.6 is 0 Å². The molecule has 1 fully saturated rings. The third kappa shape index (κ3) is 4.19. The van der Waals surface area contributed by atoms with Crippen LogP contribution in [0.15, 0.2) is 35.6 Å². The van der Waals surface area contributed by atoms with Gasteiger partial charge in [-0.05, 0) is 19.2 Å². The molecule has 4 aliphatic heterocycles. The van der Waals surface area contributed by atoms with E-state index < -0.39 is 12.0 Å². The van der Waals surface area contributed by atoms with Crippen LogP contribution in [0.2, 0.25) is 0 Å². The Morgan fingerprint density at radius 1 is 1.12 bits per heavy atom. The summed E-state index contributed by atoms with van der Waals surface area (Å²) in [6.45, 7) is 2.64. The normalized spacial score (nSPS) is 23.2. The largest absolute Gasteiger partial charge is 0.492 e. The minimum atomic E-state index is -0.639. The van der Waals surface area contributed by atoms with E-state index in [-0.39, 0.29) is 18.4 Å². The second kappa shape index (κ2) is 9.35. The summed E-state index contributed by atoms with van der Waals surface area (Å²) >= 11 is 0. The average Bonchev–Trinajstić information content (AvgIpc) is 3.18. The Labute approximate surface area is 197 Å². The Morgan fingerprint density at radius 2 is 1.91 bits per heavy atom. The van der Waals surface area contributed by atoms with Crippen LogP contribution in [0.5, 0.6) is 5.75 Å². The van der Waals surface area contributed by atoms with Crippen LogP contribution in [-0.2, 0) is 9.59 Å². The molecule has 1 unspecified atom stereocenters. The van der Waals surface area contributed by atoms with E-state index in [9.17, 15) is 14.7 Å². The number of carbonyl (C=O) groups is 2. The molecule has 4 aliphatic rings. The van der Waals surface area contributed by atoms with Crippen LogP contribution < -0.4 is 15.0 Å². The van der Waals surface area contributed by atoms with E-state index in [4.69, 9.17) is 4.74 Å². The lowest BCUT2D eigenvalue weighted by Crippen LogP contribution is -2.56. The Hall–Kier alpha value is -3.57. The molecule has 0 spiro atoms. The maximum absolute atomic E-state index is 13.2. The van der Waals surface area contributed by atoms with Gasteiger partial charge in [0.05, 0.1) is 17.9 Å². The van der Waals surface area contributed by atoms with Crippen molar-refractivity contribution < 1.29 is 19.4 Å². The van der Waals surface area contributed by atoms with Crippen molar-refractivity contribution in [2.24, 2.45) is 4.99 Å². The number of likely N-dealkylation sites (N-methyl/N-ethyl adjacent to an activating group) is 1. The van der Waals surface area contributed by atoms with Gasteiger partial charge in [0, 0.05) is 45.0 Å². The number of aliphatic imine (C=N–C) groups is 1. The maximum atomic E-state index is 13.2. The molecular weight excluding hydrogens is 438 g/mol. The van der Waals surface area contributed by atoms with Gasteiger partial charge < -0.3 is 25.0 Å². The quantitative estimate of drug-likeness (QED) is 0.614. The molecule has 5 heterocycles. The summed E-state index contributed by atoms with van der Waals surface area (Å²) in [6.07, 6.45) is 3.06. The van der Waals surface area contributed by atoms with E-state index in [1.165, 1.54) is 6.33 Å². The first-order chi connectivity index (χ1) is 16.5. The second-order valence-corrected chi connectivity index (χ2v) is 8.54. The number of ether oxygens (including phenoxy) is 1. The van der Waals surface area contributed by atoms with E-state index in [1.54, 1.807) is 17.2 Å². The fraction of sp³-hybridized carbons (Fsp3) is 0.435. The lowest BCUT2D eigenvalue weighted by atomic mass is 10.0. The fourth-order valence-corrected chi connectivity index (χ4v) is 4.52. The van der Waals surface area contributed by atoms with Crippen LogP contribution in [0.4, 0.5) is 17.3 Å². The average molecular weight is 466 g/mol. The smallest absolute Gasteiger partial charge is 0.242 e. The van der Waals surface area contributed by atoms with Crippen LogP contribution in [0.3, 0.4) is 0 Å². The lowest BCUT2D eigenvalue weighted by molar-refractivity contribution is -0.138. The van der Waals surface area contributed by atoms with Crippen molar-refractivity contribution in [1.29, 1.82) is 0 Å². The highest BCUT2D eigenvalue weighted by Crippen LogP contribution is 2.37. The highest BCUT2D eigenvalue weighted by Gasteiger charge is 2.37. The van der Waals surface area contributed by atoms with Crippen LogP contribution in [0.25, 0.3) is 0 Å². The van der Waals surface area contributed by atoms with Gasteiger partial charge in [-0.2, -0.15) is 0 Å². The van der Waals surface area contributed by atoms with Crippen molar-refractivity contribution >= 4 is 35.4 Å². The first-order valence-corrected chi connectivity index (χ1v) is 11.3. The number of anilines is 2. The Balaban J connectivity index is 1.52. The third-order valence-corrected chi connectivity index (χ3v) is 6.48. The minimum absolute atomic E-state index is 0.109. The van der Waals surface area contributed by atoms with Gasteiger partial charge in [-0.25, -0.2) is 9.97 Å². The Bertz CT molecular complexity index is 1120. The molecular formula is C23H27N7O4. The van der Waals surface area contributed by atoms with Gasteiger partial charge in [0.1, 0.15) is 42.3 Å². The first-order valence-electron chi connectivity index (χ1n) is 11.3. The van der Waals surface area contributed by atoms with E-state index >= 15 is 0 Å². The molecule has 6 rings (SSSR count).